The Hall–Kier alpha value is -2.76. The highest BCUT2D eigenvalue weighted by Crippen LogP contribution is 2.21. The molecule has 2 aromatic heterocycles. The molecule has 0 aliphatic carbocycles. The van der Waals surface area contributed by atoms with Gasteiger partial charge in [0.05, 0.1) is 12.2 Å². The number of aryl methyl sites for hydroxylation is 3. The summed E-state index contributed by atoms with van der Waals surface area (Å²) in [4.78, 5) is 8.15. The lowest BCUT2D eigenvalue weighted by Crippen LogP contribution is -2.38. The molecule has 0 fully saturated rings. The summed E-state index contributed by atoms with van der Waals surface area (Å²) in [6, 6.07) is 6.43. The minimum Gasteiger partial charge on any atom is -0.361 e. The van der Waals surface area contributed by atoms with Crippen LogP contribution in [-0.2, 0) is 25.8 Å². The molecule has 1 aromatic carbocycles. The molecule has 0 radical (unpaired) electrons. The van der Waals surface area contributed by atoms with Crippen LogP contribution in [0, 0.1) is 6.92 Å². The van der Waals surface area contributed by atoms with E-state index in [0.29, 0.717) is 6.54 Å². The average molecular weight is 382 g/mol. The molecule has 0 atom stereocenters. The van der Waals surface area contributed by atoms with Crippen LogP contribution in [0.2, 0.25) is 0 Å². The number of benzene rings is 1. The number of para-hydroxylation sites is 1. The van der Waals surface area contributed by atoms with E-state index in [0.717, 1.165) is 55.3 Å². The highest BCUT2D eigenvalue weighted by Gasteiger charge is 2.13. The number of nitrogens with zero attached hydrogens (tertiary/aromatic N) is 2. The smallest absolute Gasteiger partial charge is 0.191 e. The molecule has 150 valence electrons. The number of rotatable bonds is 8. The first kappa shape index (κ1) is 20.0. The molecule has 2 heterocycles. The molecule has 0 saturated carbocycles. The Morgan fingerprint density at radius 2 is 2.04 bits per heavy atom. The molecule has 0 saturated heterocycles. The highest BCUT2D eigenvalue weighted by atomic mass is 16.5. The first-order valence-electron chi connectivity index (χ1n) is 10.2. The van der Waals surface area contributed by atoms with E-state index in [2.05, 4.69) is 72.9 Å². The van der Waals surface area contributed by atoms with E-state index in [1.165, 1.54) is 22.0 Å². The number of aliphatic imine (C=N–C) groups is 1. The van der Waals surface area contributed by atoms with E-state index in [1.54, 1.807) is 0 Å². The van der Waals surface area contributed by atoms with Crippen molar-refractivity contribution in [3.8, 4) is 0 Å². The number of nitrogens with one attached hydrogen (secondary N) is 3. The number of hydrogen-bond acceptors (Lipinski definition) is 3. The molecular weight excluding hydrogens is 350 g/mol. The van der Waals surface area contributed by atoms with Gasteiger partial charge in [-0.15, -0.1) is 0 Å². The molecule has 0 unspecified atom stereocenters. The van der Waals surface area contributed by atoms with Crippen molar-refractivity contribution < 1.29 is 4.52 Å². The monoisotopic (exact) mass is 381 g/mol. The van der Waals surface area contributed by atoms with Crippen LogP contribution >= 0.6 is 0 Å². The van der Waals surface area contributed by atoms with E-state index in [4.69, 9.17) is 9.52 Å². The fraction of sp³-hybridized carbons (Fsp3) is 0.455. The zero-order valence-electron chi connectivity index (χ0n) is 17.4. The first-order chi connectivity index (χ1) is 13.7. The molecule has 3 rings (SSSR count). The van der Waals surface area contributed by atoms with Crippen LogP contribution in [-0.4, -0.2) is 29.2 Å². The Bertz CT molecular complexity index is 916. The molecular formula is C22H31N5O. The number of aromatic amines is 1. The molecule has 3 N–H and O–H groups in total. The van der Waals surface area contributed by atoms with Crippen molar-refractivity contribution >= 4 is 16.9 Å². The third-order valence-electron chi connectivity index (χ3n) is 5.04. The van der Waals surface area contributed by atoms with Gasteiger partial charge in [0.1, 0.15) is 5.76 Å². The van der Waals surface area contributed by atoms with Gasteiger partial charge in [-0.1, -0.05) is 37.2 Å². The zero-order valence-corrected chi connectivity index (χ0v) is 17.4. The lowest BCUT2D eigenvalue weighted by atomic mass is 10.1. The van der Waals surface area contributed by atoms with Crippen molar-refractivity contribution in [3.63, 3.8) is 0 Å². The summed E-state index contributed by atoms with van der Waals surface area (Å²) in [5.74, 6) is 1.76. The van der Waals surface area contributed by atoms with Crippen molar-refractivity contribution in [2.45, 2.75) is 53.5 Å². The van der Waals surface area contributed by atoms with Crippen molar-refractivity contribution in [3.05, 3.63) is 52.5 Å². The highest BCUT2D eigenvalue weighted by molar-refractivity contribution is 5.86. The second-order valence-corrected chi connectivity index (χ2v) is 6.92. The topological polar surface area (TPSA) is 78.2 Å². The van der Waals surface area contributed by atoms with Crippen LogP contribution < -0.4 is 10.6 Å². The number of aromatic nitrogens is 2. The minimum atomic E-state index is 0.581. The molecule has 0 bridgehead atoms. The van der Waals surface area contributed by atoms with Gasteiger partial charge in [0, 0.05) is 42.2 Å². The number of fused-ring (bicyclic) bond motifs is 1. The quantitative estimate of drug-likeness (QED) is 0.409. The van der Waals surface area contributed by atoms with Crippen LogP contribution in [0.25, 0.3) is 10.9 Å². The van der Waals surface area contributed by atoms with E-state index >= 15 is 0 Å². The summed E-state index contributed by atoms with van der Waals surface area (Å²) in [6.45, 7) is 10.6. The molecule has 0 aliphatic rings. The zero-order chi connectivity index (χ0) is 19.9. The van der Waals surface area contributed by atoms with Crippen LogP contribution in [0.15, 0.2) is 33.9 Å². The van der Waals surface area contributed by atoms with E-state index in [-0.39, 0.29) is 0 Å². The Labute approximate surface area is 166 Å². The lowest BCUT2D eigenvalue weighted by Gasteiger charge is -2.11. The second kappa shape index (κ2) is 9.44. The van der Waals surface area contributed by atoms with Crippen molar-refractivity contribution in [2.75, 3.05) is 13.1 Å². The van der Waals surface area contributed by atoms with Gasteiger partial charge in [0.25, 0.3) is 0 Å². The fourth-order valence-corrected chi connectivity index (χ4v) is 3.50. The maximum atomic E-state index is 5.45. The van der Waals surface area contributed by atoms with Crippen LogP contribution in [0.1, 0.15) is 48.9 Å². The molecule has 28 heavy (non-hydrogen) atoms. The Morgan fingerprint density at radius 1 is 1.18 bits per heavy atom. The molecule has 3 aromatic rings. The van der Waals surface area contributed by atoms with Crippen LogP contribution in [0.3, 0.4) is 0 Å². The van der Waals surface area contributed by atoms with Gasteiger partial charge >= 0.3 is 0 Å². The van der Waals surface area contributed by atoms with Crippen molar-refractivity contribution in [1.82, 2.24) is 20.8 Å². The largest absolute Gasteiger partial charge is 0.361 e. The Balaban J connectivity index is 1.65. The molecule has 6 nitrogen and oxygen atoms in total. The maximum Gasteiger partial charge on any atom is 0.191 e. The third-order valence-corrected chi connectivity index (χ3v) is 5.04. The van der Waals surface area contributed by atoms with Gasteiger partial charge in [0.2, 0.25) is 0 Å². The Kier molecular flexibility index (Phi) is 6.74. The summed E-state index contributed by atoms with van der Waals surface area (Å²) in [5, 5.41) is 12.2. The second-order valence-electron chi connectivity index (χ2n) is 6.92. The standard InChI is InChI=1S/C22H31N5O/c1-5-19-18(20(6-2)28-27-19)14-26-22(23-7-3)24-12-11-16-13-25-21-15(4)9-8-10-17(16)21/h8-10,13,25H,5-7,11-12,14H2,1-4H3,(H2,23,24,26). The van der Waals surface area contributed by atoms with Gasteiger partial charge in [-0.3, -0.25) is 0 Å². The van der Waals surface area contributed by atoms with E-state index in [9.17, 15) is 0 Å². The average Bonchev–Trinajstić information content (AvgIpc) is 3.30. The third kappa shape index (κ3) is 4.38. The SMILES string of the molecule is CCNC(=NCc1c(CC)noc1CC)NCCc1c[nH]c2c(C)cccc12. The number of hydrogen-bond donors (Lipinski definition) is 3. The predicted octanol–water partition coefficient (Wildman–Crippen LogP) is 3.89. The fourth-order valence-electron chi connectivity index (χ4n) is 3.50. The first-order valence-corrected chi connectivity index (χ1v) is 10.2. The van der Waals surface area contributed by atoms with Gasteiger partial charge in [-0.2, -0.15) is 0 Å². The van der Waals surface area contributed by atoms with E-state index < -0.39 is 0 Å². The molecule has 0 amide bonds. The van der Waals surface area contributed by atoms with Crippen molar-refractivity contribution in [2.24, 2.45) is 4.99 Å². The van der Waals surface area contributed by atoms with Gasteiger partial charge in [0.15, 0.2) is 5.96 Å². The predicted molar refractivity (Wildman–Crippen MR) is 115 cm³/mol. The molecule has 0 spiro atoms. The molecule has 6 heteroatoms. The summed E-state index contributed by atoms with van der Waals surface area (Å²) >= 11 is 0. The number of guanidine groups is 1. The van der Waals surface area contributed by atoms with E-state index in [1.807, 2.05) is 0 Å². The maximum absolute atomic E-state index is 5.45. The van der Waals surface area contributed by atoms with Gasteiger partial charge < -0.3 is 20.1 Å². The summed E-state index contributed by atoms with van der Waals surface area (Å²) in [7, 11) is 0. The van der Waals surface area contributed by atoms with Crippen molar-refractivity contribution in [1.29, 1.82) is 0 Å². The van der Waals surface area contributed by atoms with Crippen LogP contribution in [0.5, 0.6) is 0 Å². The number of H-pyrrole nitrogens is 1. The van der Waals surface area contributed by atoms with Gasteiger partial charge in [-0.25, -0.2) is 4.99 Å². The Morgan fingerprint density at radius 3 is 2.79 bits per heavy atom. The summed E-state index contributed by atoms with van der Waals surface area (Å²) in [5.41, 5.74) is 5.95. The van der Waals surface area contributed by atoms with Crippen LogP contribution in [0.4, 0.5) is 0 Å². The lowest BCUT2D eigenvalue weighted by molar-refractivity contribution is 0.380. The minimum absolute atomic E-state index is 0.581. The summed E-state index contributed by atoms with van der Waals surface area (Å²) in [6.07, 6.45) is 4.74. The summed E-state index contributed by atoms with van der Waals surface area (Å²) < 4.78 is 5.45. The normalized spacial score (nSPS) is 11.9. The molecule has 0 aliphatic heterocycles. The van der Waals surface area contributed by atoms with Gasteiger partial charge in [-0.05, 0) is 37.8 Å².